The number of aliphatic hydroxyl groups is 1. The molecule has 116 valence electrons. The number of carbonyl (C=O) groups is 1. The average Bonchev–Trinajstić information content (AvgIpc) is 2.49. The Morgan fingerprint density at radius 2 is 1.81 bits per heavy atom. The van der Waals surface area contributed by atoms with Crippen LogP contribution in [0.4, 0.5) is 0 Å². The molecule has 2 rings (SSSR count). The molecule has 0 aromatic heterocycles. The van der Waals surface area contributed by atoms with Crippen LogP contribution in [-0.2, 0) is 0 Å². The number of likely N-dealkylation sites (tertiary alicyclic amines) is 1. The first-order valence-electron chi connectivity index (χ1n) is 7.84. The van der Waals surface area contributed by atoms with Gasteiger partial charge < -0.3 is 5.11 Å². The van der Waals surface area contributed by atoms with Gasteiger partial charge in [-0.25, -0.2) is 0 Å². The van der Waals surface area contributed by atoms with Gasteiger partial charge in [0, 0.05) is 12.1 Å². The minimum Gasteiger partial charge on any atom is -0.390 e. The number of nitrogens with zero attached hydrogens (tertiary/aromatic N) is 1. The summed E-state index contributed by atoms with van der Waals surface area (Å²) < 4.78 is 0. The van der Waals surface area contributed by atoms with Crippen molar-refractivity contribution in [3.63, 3.8) is 0 Å². The van der Waals surface area contributed by atoms with Crippen molar-refractivity contribution >= 4 is 5.78 Å². The molecule has 1 fully saturated rings. The molecule has 1 aliphatic rings. The molecule has 1 aliphatic heterocycles. The number of hydrogen-bond acceptors (Lipinski definition) is 3. The van der Waals surface area contributed by atoms with Gasteiger partial charge in [-0.2, -0.15) is 0 Å². The van der Waals surface area contributed by atoms with Gasteiger partial charge in [-0.3, -0.25) is 9.69 Å². The van der Waals surface area contributed by atoms with Crippen molar-refractivity contribution < 1.29 is 9.90 Å². The van der Waals surface area contributed by atoms with Crippen LogP contribution in [-0.4, -0.2) is 41.0 Å². The number of ketones is 1. The maximum atomic E-state index is 12.6. The third-order valence-corrected chi connectivity index (χ3v) is 4.48. The Balaban J connectivity index is 2.08. The summed E-state index contributed by atoms with van der Waals surface area (Å²) in [5.41, 5.74) is 3.63. The lowest BCUT2D eigenvalue weighted by atomic mass is 9.96. The number of hydrogen-bond donors (Lipinski definition) is 1. The zero-order valence-electron chi connectivity index (χ0n) is 13.7. The number of benzene rings is 1. The molecule has 1 aromatic rings. The fraction of sp³-hybridized carbons (Fsp3) is 0.611. The highest BCUT2D eigenvalue weighted by Crippen LogP contribution is 2.22. The zero-order valence-corrected chi connectivity index (χ0v) is 13.7. The fourth-order valence-corrected chi connectivity index (χ4v) is 3.38. The fourth-order valence-electron chi connectivity index (χ4n) is 3.38. The van der Waals surface area contributed by atoms with Gasteiger partial charge in [0.2, 0.25) is 0 Å². The predicted octanol–water partition coefficient (Wildman–Crippen LogP) is 3.03. The van der Waals surface area contributed by atoms with E-state index in [1.54, 1.807) is 0 Å². The largest absolute Gasteiger partial charge is 0.390 e. The Labute approximate surface area is 128 Å². The summed E-state index contributed by atoms with van der Waals surface area (Å²) in [6.07, 6.45) is 2.51. The molecule has 0 spiro atoms. The minimum absolute atomic E-state index is 0.201. The van der Waals surface area contributed by atoms with Gasteiger partial charge in [-0.15, -0.1) is 0 Å². The van der Waals surface area contributed by atoms with Crippen LogP contribution in [0.5, 0.6) is 0 Å². The molecule has 1 saturated heterocycles. The molecule has 3 heteroatoms. The lowest BCUT2D eigenvalue weighted by molar-refractivity contribution is 0.0444. The molecule has 0 bridgehead atoms. The van der Waals surface area contributed by atoms with E-state index in [1.807, 2.05) is 20.8 Å². The number of aryl methyl sites for hydroxylation is 3. The summed E-state index contributed by atoms with van der Waals surface area (Å²) >= 11 is 0. The van der Waals surface area contributed by atoms with Crippen LogP contribution in [0.1, 0.15) is 53.2 Å². The monoisotopic (exact) mass is 289 g/mol. The van der Waals surface area contributed by atoms with E-state index >= 15 is 0 Å². The van der Waals surface area contributed by atoms with E-state index < -0.39 is 5.60 Å². The summed E-state index contributed by atoms with van der Waals surface area (Å²) in [5.74, 6) is 0.201. The zero-order chi connectivity index (χ0) is 15.6. The summed E-state index contributed by atoms with van der Waals surface area (Å²) in [7, 11) is 0. The van der Waals surface area contributed by atoms with Crippen LogP contribution in [0.3, 0.4) is 0 Å². The first kappa shape index (κ1) is 16.2. The molecule has 1 aromatic carbocycles. The molecule has 0 radical (unpaired) electrons. The SMILES string of the molecule is Cc1cc(C)c(C(=O)CN2CCCC(C)(O)CC2)c(C)c1. The van der Waals surface area contributed by atoms with E-state index in [4.69, 9.17) is 0 Å². The highest BCUT2D eigenvalue weighted by Gasteiger charge is 2.26. The van der Waals surface area contributed by atoms with Gasteiger partial charge in [-0.05, 0) is 64.6 Å². The van der Waals surface area contributed by atoms with Crippen molar-refractivity contribution in [3.05, 3.63) is 34.4 Å². The lowest BCUT2D eigenvalue weighted by Gasteiger charge is -2.22. The quantitative estimate of drug-likeness (QED) is 0.870. The number of carbonyl (C=O) groups excluding carboxylic acids is 1. The van der Waals surface area contributed by atoms with Crippen molar-refractivity contribution in [1.29, 1.82) is 0 Å². The average molecular weight is 289 g/mol. The molecule has 0 saturated carbocycles. The molecule has 1 unspecified atom stereocenters. The lowest BCUT2D eigenvalue weighted by Crippen LogP contribution is -2.33. The van der Waals surface area contributed by atoms with Crippen LogP contribution < -0.4 is 0 Å². The Morgan fingerprint density at radius 1 is 1.19 bits per heavy atom. The van der Waals surface area contributed by atoms with Gasteiger partial charge >= 0.3 is 0 Å². The second-order valence-corrected chi connectivity index (χ2v) is 6.82. The first-order chi connectivity index (χ1) is 9.78. The number of Topliss-reactive ketones (excluding diaryl/α,β-unsaturated/α-hetero) is 1. The maximum absolute atomic E-state index is 12.6. The van der Waals surface area contributed by atoms with Crippen LogP contribution in [0.15, 0.2) is 12.1 Å². The van der Waals surface area contributed by atoms with Crippen molar-refractivity contribution in [3.8, 4) is 0 Å². The third-order valence-electron chi connectivity index (χ3n) is 4.48. The highest BCUT2D eigenvalue weighted by molar-refractivity contribution is 6.00. The van der Waals surface area contributed by atoms with Crippen molar-refractivity contribution in [2.45, 2.75) is 52.6 Å². The Hall–Kier alpha value is -1.19. The van der Waals surface area contributed by atoms with Gasteiger partial charge in [0.05, 0.1) is 12.1 Å². The number of rotatable bonds is 3. The van der Waals surface area contributed by atoms with E-state index in [9.17, 15) is 9.90 Å². The van der Waals surface area contributed by atoms with E-state index in [2.05, 4.69) is 24.0 Å². The molecule has 21 heavy (non-hydrogen) atoms. The van der Waals surface area contributed by atoms with Gasteiger partial charge in [0.25, 0.3) is 0 Å². The predicted molar refractivity (Wildman–Crippen MR) is 85.9 cm³/mol. The van der Waals surface area contributed by atoms with Crippen LogP contribution in [0, 0.1) is 20.8 Å². The van der Waals surface area contributed by atoms with E-state index in [0.29, 0.717) is 6.54 Å². The van der Waals surface area contributed by atoms with E-state index in [0.717, 1.165) is 49.0 Å². The molecule has 0 amide bonds. The molecule has 0 aliphatic carbocycles. The van der Waals surface area contributed by atoms with Gasteiger partial charge in [-0.1, -0.05) is 17.7 Å². The van der Waals surface area contributed by atoms with Gasteiger partial charge in [0.1, 0.15) is 0 Å². The van der Waals surface area contributed by atoms with Gasteiger partial charge in [0.15, 0.2) is 5.78 Å². The van der Waals surface area contributed by atoms with Crippen molar-refractivity contribution in [2.24, 2.45) is 0 Å². The normalized spacial score (nSPS) is 23.9. The molecule has 3 nitrogen and oxygen atoms in total. The summed E-state index contributed by atoms with van der Waals surface area (Å²) in [6.45, 7) is 10.1. The van der Waals surface area contributed by atoms with E-state index in [-0.39, 0.29) is 5.78 Å². The van der Waals surface area contributed by atoms with Crippen LogP contribution >= 0.6 is 0 Å². The molecule has 1 heterocycles. The van der Waals surface area contributed by atoms with Crippen LogP contribution in [0.2, 0.25) is 0 Å². The molecular formula is C18H27NO2. The minimum atomic E-state index is -0.576. The summed E-state index contributed by atoms with van der Waals surface area (Å²) in [5, 5.41) is 10.1. The highest BCUT2D eigenvalue weighted by atomic mass is 16.3. The Morgan fingerprint density at radius 3 is 2.43 bits per heavy atom. The first-order valence-corrected chi connectivity index (χ1v) is 7.84. The summed E-state index contributed by atoms with van der Waals surface area (Å²) in [4.78, 5) is 14.8. The van der Waals surface area contributed by atoms with Crippen LogP contribution in [0.25, 0.3) is 0 Å². The van der Waals surface area contributed by atoms with Crippen molar-refractivity contribution in [1.82, 2.24) is 4.90 Å². The van der Waals surface area contributed by atoms with Crippen molar-refractivity contribution in [2.75, 3.05) is 19.6 Å². The standard InChI is InChI=1S/C18H27NO2/c1-13-10-14(2)17(15(3)11-13)16(20)12-19-8-5-6-18(4,21)7-9-19/h10-11,21H,5-9,12H2,1-4H3. The maximum Gasteiger partial charge on any atom is 0.177 e. The third kappa shape index (κ3) is 4.14. The Kier molecular flexibility index (Phi) is 4.84. The molecule has 1 N–H and O–H groups in total. The summed E-state index contributed by atoms with van der Waals surface area (Å²) in [6, 6.07) is 4.15. The molecule has 1 atom stereocenters. The smallest absolute Gasteiger partial charge is 0.177 e. The van der Waals surface area contributed by atoms with E-state index in [1.165, 1.54) is 5.56 Å². The molecular weight excluding hydrogens is 262 g/mol. The Bertz CT molecular complexity index is 511. The second kappa shape index (κ2) is 6.29. The second-order valence-electron chi connectivity index (χ2n) is 6.82. The topological polar surface area (TPSA) is 40.5 Å².